The molecule has 0 atom stereocenters. The van der Waals surface area contributed by atoms with Crippen LogP contribution in [-0.2, 0) is 37.4 Å². The Labute approximate surface area is 273 Å². The molecule has 0 N–H and O–H groups in total. The van der Waals surface area contributed by atoms with Gasteiger partial charge in [0.15, 0.2) is 11.5 Å². The number of rotatable bonds is 10. The monoisotopic (exact) mass is 626 g/mol. The number of hydrogen-bond donors (Lipinski definition) is 0. The van der Waals surface area contributed by atoms with E-state index >= 15 is 0 Å². The molecule has 236 valence electrons. The van der Waals surface area contributed by atoms with Gasteiger partial charge in [0.25, 0.3) is 23.6 Å². The number of anilines is 2. The minimum atomic E-state index is -0.403. The Morgan fingerprint density at radius 2 is 0.872 bits per heavy atom. The number of nitrogens with zero attached hydrogens (tertiary/aromatic N) is 2. The average molecular weight is 627 g/mol. The Morgan fingerprint density at radius 1 is 0.511 bits per heavy atom. The second kappa shape index (κ2) is 12.6. The molecule has 4 amide bonds. The minimum Gasteiger partial charge on any atom is -0.455 e. The molecule has 47 heavy (non-hydrogen) atoms. The molecule has 6 rings (SSSR count). The molecule has 4 aromatic carbocycles. The van der Waals surface area contributed by atoms with Gasteiger partial charge in [0.1, 0.15) is 11.5 Å². The summed E-state index contributed by atoms with van der Waals surface area (Å²) in [6.07, 6.45) is 6.43. The Hall–Kier alpha value is -5.76. The summed E-state index contributed by atoms with van der Waals surface area (Å²) in [6, 6.07) is 26.2. The van der Waals surface area contributed by atoms with Crippen molar-refractivity contribution in [2.75, 3.05) is 9.80 Å². The van der Waals surface area contributed by atoms with Gasteiger partial charge in [-0.25, -0.2) is 9.80 Å². The molecule has 0 fully saturated rings. The first-order valence-corrected chi connectivity index (χ1v) is 15.5. The van der Waals surface area contributed by atoms with Crippen LogP contribution in [0.1, 0.15) is 49.9 Å². The van der Waals surface area contributed by atoms with Gasteiger partial charge in [0, 0.05) is 29.7 Å². The van der Waals surface area contributed by atoms with E-state index in [4.69, 9.17) is 9.47 Å². The number of ether oxygens (including phenoxy) is 2. The molecule has 0 saturated heterocycles. The summed E-state index contributed by atoms with van der Waals surface area (Å²) >= 11 is 0. The number of carbonyl (C=O) groups excluding carboxylic acids is 4. The van der Waals surface area contributed by atoms with Gasteiger partial charge in [0.2, 0.25) is 0 Å². The molecule has 8 heteroatoms. The first kappa shape index (κ1) is 31.2. The molecule has 8 nitrogen and oxygen atoms in total. The number of aryl methyl sites for hydroxylation is 2. The molecule has 2 aliphatic rings. The largest absolute Gasteiger partial charge is 0.455 e. The van der Waals surface area contributed by atoms with Gasteiger partial charge < -0.3 is 9.47 Å². The van der Waals surface area contributed by atoms with Gasteiger partial charge in [0.05, 0.1) is 11.4 Å². The fourth-order valence-corrected chi connectivity index (χ4v) is 5.82. The van der Waals surface area contributed by atoms with Gasteiger partial charge >= 0.3 is 0 Å². The van der Waals surface area contributed by atoms with Crippen LogP contribution in [0.5, 0.6) is 23.0 Å². The Morgan fingerprint density at radius 3 is 1.23 bits per heavy atom. The van der Waals surface area contributed by atoms with Gasteiger partial charge in [-0.15, -0.1) is 0 Å². The predicted octanol–water partition coefficient (Wildman–Crippen LogP) is 7.58. The lowest BCUT2D eigenvalue weighted by Gasteiger charge is -2.28. The highest BCUT2D eigenvalue weighted by molar-refractivity contribution is 6.29. The van der Waals surface area contributed by atoms with Crippen LogP contribution < -0.4 is 19.3 Å². The first-order valence-electron chi connectivity index (χ1n) is 15.5. The summed E-state index contributed by atoms with van der Waals surface area (Å²) in [4.78, 5) is 51.7. The Bertz CT molecular complexity index is 1810. The fraction of sp³-hybridized carbons (Fsp3) is 0.179. The summed E-state index contributed by atoms with van der Waals surface area (Å²) < 4.78 is 12.7. The average Bonchev–Trinajstić information content (AvgIpc) is 3.59. The highest BCUT2D eigenvalue weighted by Gasteiger charge is 2.30. The molecule has 0 aliphatic carbocycles. The van der Waals surface area contributed by atoms with Crippen LogP contribution in [0.3, 0.4) is 0 Å². The third-order valence-electron chi connectivity index (χ3n) is 8.60. The van der Waals surface area contributed by atoms with Gasteiger partial charge in [-0.05, 0) is 71.5 Å². The van der Waals surface area contributed by atoms with E-state index in [1.807, 2.05) is 24.3 Å². The molecular weight excluding hydrogens is 592 g/mol. The number of para-hydroxylation sites is 4. The van der Waals surface area contributed by atoms with E-state index in [1.165, 1.54) is 24.3 Å². The van der Waals surface area contributed by atoms with Crippen molar-refractivity contribution in [3.05, 3.63) is 131 Å². The van der Waals surface area contributed by atoms with Crippen molar-refractivity contribution in [1.82, 2.24) is 0 Å². The summed E-state index contributed by atoms with van der Waals surface area (Å²) in [6.45, 7) is 8.44. The maximum atomic E-state index is 12.4. The van der Waals surface area contributed by atoms with Crippen LogP contribution in [0.15, 0.2) is 109 Å². The molecule has 0 unspecified atom stereocenters. The molecule has 4 aromatic rings. The second-order valence-electron chi connectivity index (χ2n) is 11.8. The molecule has 0 aromatic heterocycles. The highest BCUT2D eigenvalue weighted by Crippen LogP contribution is 2.41. The summed E-state index contributed by atoms with van der Waals surface area (Å²) in [5.74, 6) is 0.514. The predicted molar refractivity (Wildman–Crippen MR) is 180 cm³/mol. The van der Waals surface area contributed by atoms with E-state index in [0.717, 1.165) is 32.1 Å². The molecular formula is C39H34N2O6. The molecule has 0 radical (unpaired) electrons. The van der Waals surface area contributed by atoms with Crippen LogP contribution in [0.2, 0.25) is 0 Å². The maximum absolute atomic E-state index is 12.4. The summed E-state index contributed by atoms with van der Waals surface area (Å²) in [7, 11) is 0. The molecule has 0 spiro atoms. The zero-order valence-corrected chi connectivity index (χ0v) is 26.7. The standard InChI is InChI=1S/C39H34N2O6/c1-5-25-23-27(15-17-31(25)46-33-13-9-7-11-29(33)40-35(42)19-20-36(40)43)39(3,4)28-16-18-32(26(6-2)24-28)47-34-14-10-8-12-30(34)41-37(44)21-22-38(41)45/h7-24H,5-6H2,1-4H3. The van der Waals surface area contributed by atoms with Crippen molar-refractivity contribution in [2.24, 2.45) is 0 Å². The number of imide groups is 2. The van der Waals surface area contributed by atoms with Crippen molar-refractivity contribution in [1.29, 1.82) is 0 Å². The number of hydrogen-bond acceptors (Lipinski definition) is 6. The number of carbonyl (C=O) groups is 4. The highest BCUT2D eigenvalue weighted by atomic mass is 16.5. The molecule has 0 bridgehead atoms. The van der Waals surface area contributed by atoms with Gasteiger partial charge in [-0.2, -0.15) is 0 Å². The fourth-order valence-electron chi connectivity index (χ4n) is 5.82. The lowest BCUT2D eigenvalue weighted by Crippen LogP contribution is -2.29. The minimum absolute atomic E-state index is 0.388. The summed E-state index contributed by atoms with van der Waals surface area (Å²) in [5.41, 5.74) is 4.54. The Balaban J connectivity index is 1.27. The lowest BCUT2D eigenvalue weighted by molar-refractivity contribution is -0.121. The Kier molecular flexibility index (Phi) is 8.35. The van der Waals surface area contributed by atoms with E-state index in [-0.39, 0.29) is 5.41 Å². The number of benzene rings is 4. The zero-order chi connectivity index (χ0) is 33.3. The normalized spacial score (nSPS) is 14.5. The van der Waals surface area contributed by atoms with Crippen LogP contribution >= 0.6 is 0 Å². The zero-order valence-electron chi connectivity index (χ0n) is 26.7. The smallest absolute Gasteiger partial charge is 0.258 e. The van der Waals surface area contributed by atoms with Crippen molar-refractivity contribution in [3.63, 3.8) is 0 Å². The van der Waals surface area contributed by atoms with Crippen molar-refractivity contribution < 1.29 is 28.7 Å². The third kappa shape index (κ3) is 5.86. The quantitative estimate of drug-likeness (QED) is 0.169. The van der Waals surface area contributed by atoms with Gasteiger partial charge in [-0.1, -0.05) is 76.2 Å². The van der Waals surface area contributed by atoms with Crippen LogP contribution in [0.4, 0.5) is 11.4 Å². The van der Waals surface area contributed by atoms with Crippen LogP contribution in [-0.4, -0.2) is 23.6 Å². The summed E-state index contributed by atoms with van der Waals surface area (Å²) in [5, 5.41) is 0. The van der Waals surface area contributed by atoms with Crippen molar-refractivity contribution >= 4 is 35.0 Å². The van der Waals surface area contributed by atoms with E-state index < -0.39 is 23.6 Å². The molecule has 0 saturated carbocycles. The lowest BCUT2D eigenvalue weighted by atomic mass is 9.77. The van der Waals surface area contributed by atoms with Crippen LogP contribution in [0.25, 0.3) is 0 Å². The third-order valence-corrected chi connectivity index (χ3v) is 8.60. The van der Waals surface area contributed by atoms with Gasteiger partial charge in [-0.3, -0.25) is 19.2 Å². The topological polar surface area (TPSA) is 93.2 Å². The van der Waals surface area contributed by atoms with Crippen LogP contribution in [0, 0.1) is 0 Å². The molecule has 2 aliphatic heterocycles. The SMILES string of the molecule is CCc1cc(C(C)(C)c2ccc(Oc3ccccc3N3C(=O)C=CC3=O)c(CC)c2)ccc1Oc1ccccc1N1C(=O)C=CC1=O. The molecule has 2 heterocycles. The van der Waals surface area contributed by atoms with E-state index in [2.05, 4.69) is 39.8 Å². The van der Waals surface area contributed by atoms with Crippen molar-refractivity contribution in [3.8, 4) is 23.0 Å². The van der Waals surface area contributed by atoms with E-state index in [0.29, 0.717) is 47.2 Å². The number of amides is 4. The first-order chi connectivity index (χ1) is 22.6. The second-order valence-corrected chi connectivity index (χ2v) is 11.8. The van der Waals surface area contributed by atoms with Crippen molar-refractivity contribution in [2.45, 2.75) is 46.0 Å². The maximum Gasteiger partial charge on any atom is 0.258 e. The van der Waals surface area contributed by atoms with E-state index in [1.54, 1.807) is 48.5 Å². The van der Waals surface area contributed by atoms with E-state index in [9.17, 15) is 19.2 Å².